The van der Waals surface area contributed by atoms with Crippen LogP contribution in [0.4, 0.5) is 30.7 Å². The molecule has 1 unspecified atom stereocenters. The van der Waals surface area contributed by atoms with Crippen LogP contribution in [-0.4, -0.2) is 24.6 Å². The molecule has 1 atom stereocenters. The lowest BCUT2D eigenvalue weighted by Crippen LogP contribution is -2.56. The fourth-order valence-corrected chi connectivity index (χ4v) is 1.02. The fraction of sp³-hybridized carbons (Fsp3) is 1.00. The molecule has 0 spiro atoms. The Hall–Kier alpha value is -0.240. The Morgan fingerprint density at radius 1 is 1.00 bits per heavy atom. The topological polar surface area (TPSA) is 26.0 Å². The first-order valence-corrected chi connectivity index (χ1v) is 4.04. The van der Waals surface area contributed by atoms with Gasteiger partial charge >= 0.3 is 18.0 Å². The minimum absolute atomic E-state index is 0. The average molecular weight is 278 g/mol. The molecule has 0 aliphatic heterocycles. The number of halogens is 8. The van der Waals surface area contributed by atoms with Gasteiger partial charge in [-0.15, -0.1) is 12.4 Å². The van der Waals surface area contributed by atoms with Crippen LogP contribution in [0.3, 0.4) is 0 Å². The lowest BCUT2D eigenvalue weighted by molar-refractivity contribution is -0.365. The second-order valence-electron chi connectivity index (χ2n) is 3.04. The van der Waals surface area contributed by atoms with Gasteiger partial charge in [0.2, 0.25) is 0 Å². The summed E-state index contributed by atoms with van der Waals surface area (Å²) in [6.45, 7) is 0.132. The van der Waals surface area contributed by atoms with Gasteiger partial charge in [0, 0.05) is 12.5 Å². The van der Waals surface area contributed by atoms with Gasteiger partial charge < -0.3 is 5.73 Å². The highest BCUT2D eigenvalue weighted by atomic mass is 35.5. The highest BCUT2D eigenvalue weighted by Crippen LogP contribution is 2.50. The van der Waals surface area contributed by atoms with Gasteiger partial charge in [-0.05, 0) is 6.42 Å². The SMILES string of the molecule is CCC(CN)C(F)(F)C(F)(F)C(F)(F)F.Cl. The van der Waals surface area contributed by atoms with E-state index in [1.807, 2.05) is 0 Å². The Bertz CT molecular complexity index is 211. The van der Waals surface area contributed by atoms with Crippen LogP contribution in [0.15, 0.2) is 0 Å². The summed E-state index contributed by atoms with van der Waals surface area (Å²) in [7, 11) is 0. The van der Waals surface area contributed by atoms with Gasteiger partial charge in [0.1, 0.15) is 0 Å². The Morgan fingerprint density at radius 2 is 1.38 bits per heavy atom. The molecule has 0 bridgehead atoms. The third-order valence-corrected chi connectivity index (χ3v) is 2.06. The molecule has 0 fully saturated rings. The molecule has 0 aliphatic rings. The molecule has 0 aliphatic carbocycles. The van der Waals surface area contributed by atoms with E-state index in [0.29, 0.717) is 0 Å². The maximum atomic E-state index is 12.8. The zero-order valence-corrected chi connectivity index (χ0v) is 8.94. The highest BCUT2D eigenvalue weighted by Gasteiger charge is 2.74. The van der Waals surface area contributed by atoms with Crippen molar-refractivity contribution in [2.24, 2.45) is 11.7 Å². The molecular formula is C7H11ClF7N. The molecule has 100 valence electrons. The van der Waals surface area contributed by atoms with Crippen molar-refractivity contribution >= 4 is 12.4 Å². The largest absolute Gasteiger partial charge is 0.459 e. The van der Waals surface area contributed by atoms with E-state index >= 15 is 0 Å². The first-order chi connectivity index (χ1) is 6.52. The zero-order chi connectivity index (χ0) is 12.5. The molecule has 0 amide bonds. The standard InChI is InChI=1S/C7H10F7N.ClH/c1-2-4(3-15)5(8,9)6(10,11)7(12,13)14;/h4H,2-3,15H2,1H3;1H. The molecular weight excluding hydrogens is 267 g/mol. The zero-order valence-electron chi connectivity index (χ0n) is 8.12. The van der Waals surface area contributed by atoms with Crippen molar-refractivity contribution in [2.75, 3.05) is 6.54 Å². The summed E-state index contributed by atoms with van der Waals surface area (Å²) in [5.74, 6) is -13.4. The van der Waals surface area contributed by atoms with Crippen LogP contribution < -0.4 is 5.73 Å². The van der Waals surface area contributed by atoms with E-state index < -0.39 is 36.9 Å². The third kappa shape index (κ3) is 2.91. The number of hydrogen-bond acceptors (Lipinski definition) is 1. The van der Waals surface area contributed by atoms with E-state index in [-0.39, 0.29) is 12.4 Å². The normalized spacial score (nSPS) is 15.6. The van der Waals surface area contributed by atoms with Crippen LogP contribution in [0.2, 0.25) is 0 Å². The number of nitrogens with two attached hydrogens (primary N) is 1. The van der Waals surface area contributed by atoms with Crippen LogP contribution in [-0.2, 0) is 0 Å². The minimum atomic E-state index is -6.28. The van der Waals surface area contributed by atoms with Crippen molar-refractivity contribution in [1.82, 2.24) is 0 Å². The maximum absolute atomic E-state index is 12.8. The number of hydrogen-bond donors (Lipinski definition) is 1. The van der Waals surface area contributed by atoms with Gasteiger partial charge in [-0.2, -0.15) is 30.7 Å². The summed E-state index contributed by atoms with van der Waals surface area (Å²) in [5, 5.41) is 0. The molecule has 0 aromatic heterocycles. The Kier molecular flexibility index (Phi) is 6.11. The van der Waals surface area contributed by atoms with E-state index in [2.05, 4.69) is 0 Å². The number of rotatable bonds is 4. The van der Waals surface area contributed by atoms with Crippen LogP contribution in [0.5, 0.6) is 0 Å². The van der Waals surface area contributed by atoms with Crippen molar-refractivity contribution in [3.05, 3.63) is 0 Å². The second-order valence-corrected chi connectivity index (χ2v) is 3.04. The quantitative estimate of drug-likeness (QED) is 0.785. The van der Waals surface area contributed by atoms with Crippen LogP contribution in [0.25, 0.3) is 0 Å². The minimum Gasteiger partial charge on any atom is -0.330 e. The molecule has 9 heteroatoms. The van der Waals surface area contributed by atoms with Crippen molar-refractivity contribution in [3.8, 4) is 0 Å². The number of alkyl halides is 7. The van der Waals surface area contributed by atoms with Crippen LogP contribution >= 0.6 is 12.4 Å². The van der Waals surface area contributed by atoms with E-state index in [1.54, 1.807) is 0 Å². The van der Waals surface area contributed by atoms with Gasteiger partial charge in [-0.25, -0.2) is 0 Å². The van der Waals surface area contributed by atoms with Gasteiger partial charge in [-0.3, -0.25) is 0 Å². The van der Waals surface area contributed by atoms with E-state index in [0.717, 1.165) is 6.92 Å². The van der Waals surface area contributed by atoms with Crippen molar-refractivity contribution in [1.29, 1.82) is 0 Å². The molecule has 2 N–H and O–H groups in total. The molecule has 0 aromatic rings. The molecule has 0 rings (SSSR count). The summed E-state index contributed by atoms with van der Waals surface area (Å²) in [4.78, 5) is 0. The van der Waals surface area contributed by atoms with Crippen molar-refractivity contribution in [3.63, 3.8) is 0 Å². The molecule has 0 radical (unpaired) electrons. The first kappa shape index (κ1) is 18.1. The highest BCUT2D eigenvalue weighted by molar-refractivity contribution is 5.85. The lowest BCUT2D eigenvalue weighted by Gasteiger charge is -2.33. The third-order valence-electron chi connectivity index (χ3n) is 2.06. The Labute approximate surface area is 93.6 Å². The van der Waals surface area contributed by atoms with Gasteiger partial charge in [0.25, 0.3) is 0 Å². The van der Waals surface area contributed by atoms with E-state index in [4.69, 9.17) is 5.73 Å². The molecule has 16 heavy (non-hydrogen) atoms. The van der Waals surface area contributed by atoms with Crippen LogP contribution in [0.1, 0.15) is 13.3 Å². The van der Waals surface area contributed by atoms with Gasteiger partial charge in [0.05, 0.1) is 0 Å². The maximum Gasteiger partial charge on any atom is 0.459 e. The van der Waals surface area contributed by atoms with Gasteiger partial charge in [-0.1, -0.05) is 6.92 Å². The predicted octanol–water partition coefficient (Wildman–Crippen LogP) is 3.23. The second kappa shape index (κ2) is 5.39. The summed E-state index contributed by atoms with van der Waals surface area (Å²) in [6, 6.07) is 0. The summed E-state index contributed by atoms with van der Waals surface area (Å²) in [5.41, 5.74) is 4.73. The summed E-state index contributed by atoms with van der Waals surface area (Å²) < 4.78 is 85.5. The Morgan fingerprint density at radius 3 is 1.56 bits per heavy atom. The van der Waals surface area contributed by atoms with Crippen LogP contribution in [0, 0.1) is 5.92 Å². The van der Waals surface area contributed by atoms with Crippen molar-refractivity contribution < 1.29 is 30.7 Å². The first-order valence-electron chi connectivity index (χ1n) is 4.04. The molecule has 0 aromatic carbocycles. The van der Waals surface area contributed by atoms with E-state index in [1.165, 1.54) is 0 Å². The summed E-state index contributed by atoms with van der Waals surface area (Å²) >= 11 is 0. The fourth-order valence-electron chi connectivity index (χ4n) is 1.02. The molecule has 0 saturated heterocycles. The van der Waals surface area contributed by atoms with Crippen molar-refractivity contribution in [2.45, 2.75) is 31.4 Å². The lowest BCUT2D eigenvalue weighted by atomic mass is 9.93. The molecule has 1 nitrogen and oxygen atoms in total. The Balaban J connectivity index is 0. The predicted molar refractivity (Wildman–Crippen MR) is 46.0 cm³/mol. The average Bonchev–Trinajstić information content (AvgIpc) is 2.03. The summed E-state index contributed by atoms with van der Waals surface area (Å²) in [6.07, 6.45) is -6.84. The molecule has 0 saturated carbocycles. The van der Waals surface area contributed by atoms with E-state index in [9.17, 15) is 30.7 Å². The monoisotopic (exact) mass is 277 g/mol. The molecule has 0 heterocycles. The smallest absolute Gasteiger partial charge is 0.330 e. The van der Waals surface area contributed by atoms with Gasteiger partial charge in [0.15, 0.2) is 0 Å².